The van der Waals surface area contributed by atoms with Crippen molar-refractivity contribution >= 4 is 16.9 Å². The van der Waals surface area contributed by atoms with Gasteiger partial charge in [-0.1, -0.05) is 48.5 Å². The topological polar surface area (TPSA) is 81.3 Å². The van der Waals surface area contributed by atoms with E-state index >= 15 is 0 Å². The second kappa shape index (κ2) is 8.61. The van der Waals surface area contributed by atoms with Crippen LogP contribution in [0.4, 0.5) is 0 Å². The molecule has 0 unspecified atom stereocenters. The number of para-hydroxylation sites is 2. The number of nitrogens with zero attached hydrogens (tertiary/aromatic N) is 1. The maximum atomic E-state index is 12.8. The van der Waals surface area contributed by atoms with Crippen LogP contribution in [0.25, 0.3) is 10.9 Å². The van der Waals surface area contributed by atoms with Crippen LogP contribution in [-0.4, -0.2) is 15.9 Å². The molecule has 6 heteroatoms. The zero-order valence-electron chi connectivity index (χ0n) is 16.4. The molecule has 6 nitrogen and oxygen atoms in total. The van der Waals surface area contributed by atoms with Crippen molar-refractivity contribution in [3.8, 4) is 5.75 Å². The smallest absolute Gasteiger partial charge is 0.339 e. The lowest BCUT2D eigenvalue weighted by atomic mass is 10.1. The van der Waals surface area contributed by atoms with E-state index in [2.05, 4.69) is 9.97 Å². The van der Waals surface area contributed by atoms with E-state index in [1.54, 1.807) is 43.3 Å². The summed E-state index contributed by atoms with van der Waals surface area (Å²) in [5.74, 6) is 0.502. The molecule has 0 amide bonds. The number of esters is 1. The summed E-state index contributed by atoms with van der Waals surface area (Å²) in [6.45, 7) is 1.91. The quantitative estimate of drug-likeness (QED) is 0.485. The number of fused-ring (bicyclic) bond motifs is 1. The second-order valence-corrected chi connectivity index (χ2v) is 6.77. The third-order valence-electron chi connectivity index (χ3n) is 4.67. The Balaban J connectivity index is 1.52. The summed E-state index contributed by atoms with van der Waals surface area (Å²) < 4.78 is 11.4. The number of carbonyl (C=O) groups excluding carboxylic acids is 1. The molecule has 150 valence electrons. The van der Waals surface area contributed by atoms with Crippen LogP contribution in [0.3, 0.4) is 0 Å². The molecule has 0 saturated carbocycles. The summed E-state index contributed by atoms with van der Waals surface area (Å²) in [5, 5.41) is 0.489. The first-order chi connectivity index (χ1) is 14.6. The van der Waals surface area contributed by atoms with Crippen LogP contribution < -0.4 is 10.3 Å². The van der Waals surface area contributed by atoms with Gasteiger partial charge in [0.2, 0.25) is 0 Å². The number of nitrogens with one attached hydrogen (secondary N) is 1. The van der Waals surface area contributed by atoms with Gasteiger partial charge in [0.25, 0.3) is 5.56 Å². The van der Waals surface area contributed by atoms with Crippen LogP contribution in [0.15, 0.2) is 83.7 Å². The van der Waals surface area contributed by atoms with Gasteiger partial charge < -0.3 is 14.5 Å². The van der Waals surface area contributed by atoms with Gasteiger partial charge in [-0.25, -0.2) is 9.78 Å². The minimum absolute atomic E-state index is 0.231. The highest BCUT2D eigenvalue weighted by Gasteiger charge is 2.19. The second-order valence-electron chi connectivity index (χ2n) is 6.77. The fourth-order valence-electron chi connectivity index (χ4n) is 3.10. The molecule has 0 radical (unpaired) electrons. The molecule has 4 rings (SSSR count). The molecule has 0 saturated heterocycles. The molecule has 1 heterocycles. The first-order valence-electron chi connectivity index (χ1n) is 9.57. The Morgan fingerprint density at radius 1 is 0.967 bits per heavy atom. The molecule has 3 aromatic carbocycles. The van der Waals surface area contributed by atoms with Crippen molar-refractivity contribution < 1.29 is 14.3 Å². The number of aromatic nitrogens is 2. The Morgan fingerprint density at radius 2 is 1.67 bits per heavy atom. The van der Waals surface area contributed by atoms with E-state index in [1.165, 1.54) is 0 Å². The lowest BCUT2D eigenvalue weighted by Crippen LogP contribution is -2.18. The molecule has 0 aliphatic heterocycles. The van der Waals surface area contributed by atoms with Gasteiger partial charge in [-0.3, -0.25) is 4.79 Å². The van der Waals surface area contributed by atoms with Crippen LogP contribution in [0.5, 0.6) is 5.75 Å². The van der Waals surface area contributed by atoms with Crippen LogP contribution in [0, 0.1) is 0 Å². The fourth-order valence-corrected chi connectivity index (χ4v) is 3.10. The van der Waals surface area contributed by atoms with Gasteiger partial charge in [0, 0.05) is 5.56 Å². The first kappa shape index (κ1) is 19.4. The number of hydrogen-bond acceptors (Lipinski definition) is 5. The van der Waals surface area contributed by atoms with Gasteiger partial charge in [-0.2, -0.15) is 0 Å². The summed E-state index contributed by atoms with van der Waals surface area (Å²) >= 11 is 0. The zero-order chi connectivity index (χ0) is 20.9. The predicted molar refractivity (Wildman–Crippen MR) is 113 cm³/mol. The highest BCUT2D eigenvalue weighted by molar-refractivity contribution is 5.91. The van der Waals surface area contributed by atoms with Crippen molar-refractivity contribution in [2.24, 2.45) is 0 Å². The van der Waals surface area contributed by atoms with E-state index in [4.69, 9.17) is 9.47 Å². The maximum absolute atomic E-state index is 12.8. The summed E-state index contributed by atoms with van der Waals surface area (Å²) in [6, 6.07) is 23.5. The predicted octanol–water partition coefficient (Wildman–Crippen LogP) is 4.42. The summed E-state index contributed by atoms with van der Waals surface area (Å²) in [4.78, 5) is 32.2. The molecule has 0 fully saturated rings. The van der Waals surface area contributed by atoms with Crippen molar-refractivity contribution in [3.63, 3.8) is 0 Å². The number of hydrogen-bond donors (Lipinski definition) is 1. The summed E-state index contributed by atoms with van der Waals surface area (Å²) in [5.41, 5.74) is 1.40. The average molecular weight is 400 g/mol. The normalized spacial score (nSPS) is 11.8. The third kappa shape index (κ3) is 4.22. The van der Waals surface area contributed by atoms with Gasteiger partial charge in [0.05, 0.1) is 16.5 Å². The molecule has 1 N–H and O–H groups in total. The Kier molecular flexibility index (Phi) is 5.57. The van der Waals surface area contributed by atoms with Gasteiger partial charge >= 0.3 is 5.97 Å². The minimum Gasteiger partial charge on any atom is -0.489 e. The monoisotopic (exact) mass is 400 g/mol. The summed E-state index contributed by atoms with van der Waals surface area (Å²) in [6.07, 6.45) is -0.724. The third-order valence-corrected chi connectivity index (χ3v) is 4.67. The largest absolute Gasteiger partial charge is 0.489 e. The number of aromatic amines is 1. The van der Waals surface area contributed by atoms with Crippen molar-refractivity contribution in [1.29, 1.82) is 0 Å². The highest BCUT2D eigenvalue weighted by atomic mass is 16.5. The molecule has 4 aromatic rings. The van der Waals surface area contributed by atoms with Gasteiger partial charge in [-0.15, -0.1) is 0 Å². The number of ether oxygens (including phenoxy) is 2. The Bertz CT molecular complexity index is 1230. The maximum Gasteiger partial charge on any atom is 0.339 e. The number of benzene rings is 3. The lowest BCUT2D eigenvalue weighted by Gasteiger charge is -2.15. The van der Waals surface area contributed by atoms with Crippen molar-refractivity contribution in [1.82, 2.24) is 9.97 Å². The van der Waals surface area contributed by atoms with Gasteiger partial charge in [-0.05, 0) is 37.3 Å². The van der Waals surface area contributed by atoms with E-state index in [0.29, 0.717) is 33.6 Å². The molecule has 0 spiro atoms. The fraction of sp³-hybridized carbons (Fsp3) is 0.125. The SMILES string of the molecule is C[C@H](OC(=O)c1ccccc1COc1ccccc1)c1nc2ccccc2c(=O)[nH]1. The minimum atomic E-state index is -0.724. The van der Waals surface area contributed by atoms with Crippen LogP contribution in [-0.2, 0) is 11.3 Å². The lowest BCUT2D eigenvalue weighted by molar-refractivity contribution is 0.0317. The summed E-state index contributed by atoms with van der Waals surface area (Å²) in [7, 11) is 0. The van der Waals surface area contributed by atoms with E-state index in [0.717, 1.165) is 0 Å². The molecule has 0 bridgehead atoms. The number of carbonyl (C=O) groups is 1. The molecule has 1 aromatic heterocycles. The van der Waals surface area contributed by atoms with Gasteiger partial charge in [0.15, 0.2) is 11.9 Å². The Hall–Kier alpha value is -3.93. The first-order valence-corrected chi connectivity index (χ1v) is 9.57. The van der Waals surface area contributed by atoms with E-state index in [9.17, 15) is 9.59 Å². The van der Waals surface area contributed by atoms with E-state index in [1.807, 2.05) is 42.5 Å². The molecule has 0 aliphatic carbocycles. The number of H-pyrrole nitrogens is 1. The Morgan fingerprint density at radius 3 is 2.50 bits per heavy atom. The van der Waals surface area contributed by atoms with Crippen LogP contribution >= 0.6 is 0 Å². The van der Waals surface area contributed by atoms with E-state index < -0.39 is 12.1 Å². The molecule has 0 aliphatic rings. The average Bonchev–Trinajstić information content (AvgIpc) is 2.78. The molecule has 1 atom stereocenters. The standard InChI is InChI=1S/C24H20N2O4/c1-16(22-25-21-14-8-7-13-20(21)23(27)26-22)30-24(28)19-12-6-5-9-17(19)15-29-18-10-3-2-4-11-18/h2-14,16H,15H2,1H3,(H,25,26,27)/t16-/m0/s1. The van der Waals surface area contributed by atoms with Gasteiger partial charge in [0.1, 0.15) is 12.4 Å². The Labute approximate surface area is 173 Å². The van der Waals surface area contributed by atoms with Crippen molar-refractivity contribution in [2.45, 2.75) is 19.6 Å². The van der Waals surface area contributed by atoms with Crippen LogP contribution in [0.2, 0.25) is 0 Å². The zero-order valence-corrected chi connectivity index (χ0v) is 16.4. The van der Waals surface area contributed by atoms with E-state index in [-0.39, 0.29) is 12.2 Å². The molecule has 30 heavy (non-hydrogen) atoms. The van der Waals surface area contributed by atoms with Crippen molar-refractivity contribution in [3.05, 3.63) is 106 Å². The van der Waals surface area contributed by atoms with Crippen molar-refractivity contribution in [2.75, 3.05) is 0 Å². The highest BCUT2D eigenvalue weighted by Crippen LogP contribution is 2.20. The molecular weight excluding hydrogens is 380 g/mol. The van der Waals surface area contributed by atoms with Crippen LogP contribution in [0.1, 0.15) is 34.8 Å². The molecular formula is C24H20N2O4. The number of rotatable bonds is 6.